The van der Waals surface area contributed by atoms with E-state index in [4.69, 9.17) is 0 Å². The van der Waals surface area contributed by atoms with Gasteiger partial charge in [0, 0.05) is 44.0 Å². The van der Waals surface area contributed by atoms with E-state index < -0.39 is 0 Å². The molecule has 5 nitrogen and oxygen atoms in total. The standard InChI is InChI=1S/C13H18N2O3/c1-14(2)12-7-5-11(6-8-12)10-13(16)4-3-9-15(17)18/h5-8H,3-4,9-10H2,1-2H3. The summed E-state index contributed by atoms with van der Waals surface area (Å²) in [7, 11) is 3.91. The molecule has 0 aliphatic heterocycles. The number of anilines is 1. The van der Waals surface area contributed by atoms with E-state index in [2.05, 4.69) is 0 Å². The lowest BCUT2D eigenvalue weighted by Crippen LogP contribution is -2.09. The molecule has 0 radical (unpaired) electrons. The molecule has 1 aromatic carbocycles. The highest BCUT2D eigenvalue weighted by atomic mass is 16.6. The zero-order valence-electron chi connectivity index (χ0n) is 10.8. The number of Topliss-reactive ketones (excluding diaryl/α,β-unsaturated/α-hetero) is 1. The van der Waals surface area contributed by atoms with Crippen LogP contribution < -0.4 is 4.90 Å². The maximum atomic E-state index is 11.6. The van der Waals surface area contributed by atoms with Gasteiger partial charge in [-0.2, -0.15) is 0 Å². The Kier molecular flexibility index (Phi) is 5.30. The molecule has 0 unspecified atom stereocenters. The van der Waals surface area contributed by atoms with E-state index in [1.54, 1.807) is 0 Å². The van der Waals surface area contributed by atoms with Crippen molar-refractivity contribution in [1.82, 2.24) is 0 Å². The number of rotatable bonds is 7. The van der Waals surface area contributed by atoms with Crippen LogP contribution in [0.1, 0.15) is 18.4 Å². The van der Waals surface area contributed by atoms with Gasteiger partial charge in [-0.25, -0.2) is 0 Å². The fraction of sp³-hybridized carbons (Fsp3) is 0.462. The summed E-state index contributed by atoms with van der Waals surface area (Å²) in [4.78, 5) is 23.3. The summed E-state index contributed by atoms with van der Waals surface area (Å²) in [6, 6.07) is 7.75. The Bertz CT molecular complexity index is 413. The van der Waals surface area contributed by atoms with Gasteiger partial charge in [0.25, 0.3) is 0 Å². The largest absolute Gasteiger partial charge is 0.378 e. The Balaban J connectivity index is 2.42. The smallest absolute Gasteiger partial charge is 0.204 e. The van der Waals surface area contributed by atoms with Crippen molar-refractivity contribution in [2.75, 3.05) is 25.5 Å². The highest BCUT2D eigenvalue weighted by molar-refractivity contribution is 5.80. The molecule has 1 aromatic rings. The number of ketones is 1. The van der Waals surface area contributed by atoms with Crippen molar-refractivity contribution in [1.29, 1.82) is 0 Å². The number of hydrogen-bond donors (Lipinski definition) is 0. The van der Waals surface area contributed by atoms with Gasteiger partial charge in [0.1, 0.15) is 5.78 Å². The minimum absolute atomic E-state index is 0.0504. The van der Waals surface area contributed by atoms with Crippen molar-refractivity contribution >= 4 is 11.5 Å². The van der Waals surface area contributed by atoms with Crippen molar-refractivity contribution in [2.24, 2.45) is 0 Å². The van der Waals surface area contributed by atoms with Crippen molar-refractivity contribution in [3.8, 4) is 0 Å². The topological polar surface area (TPSA) is 63.5 Å². The summed E-state index contributed by atoms with van der Waals surface area (Å²) in [5, 5.41) is 10.1. The van der Waals surface area contributed by atoms with E-state index in [1.807, 2.05) is 43.3 Å². The molecule has 1 rings (SSSR count). The molecule has 0 aromatic heterocycles. The molecule has 0 atom stereocenters. The minimum atomic E-state index is -0.390. The van der Waals surface area contributed by atoms with Crippen LogP contribution in [0.4, 0.5) is 5.69 Å². The van der Waals surface area contributed by atoms with Crippen molar-refractivity contribution in [3.05, 3.63) is 39.9 Å². The Hall–Kier alpha value is -1.91. The van der Waals surface area contributed by atoms with Crippen molar-refractivity contribution in [2.45, 2.75) is 19.3 Å². The summed E-state index contributed by atoms with van der Waals surface area (Å²) >= 11 is 0. The number of hydrogen-bond acceptors (Lipinski definition) is 4. The predicted octanol–water partition coefficient (Wildman–Crippen LogP) is 1.92. The first-order valence-electron chi connectivity index (χ1n) is 5.89. The third-order valence-corrected chi connectivity index (χ3v) is 2.65. The van der Waals surface area contributed by atoms with Crippen LogP contribution in [-0.2, 0) is 11.2 Å². The van der Waals surface area contributed by atoms with E-state index in [-0.39, 0.29) is 23.7 Å². The Morgan fingerprint density at radius 1 is 1.28 bits per heavy atom. The first kappa shape index (κ1) is 14.2. The molecule has 0 bridgehead atoms. The second kappa shape index (κ2) is 6.74. The van der Waals surface area contributed by atoms with Gasteiger partial charge in [0.15, 0.2) is 0 Å². The molecule has 5 heteroatoms. The van der Waals surface area contributed by atoms with Crippen LogP contribution in [-0.4, -0.2) is 31.3 Å². The fourth-order valence-corrected chi connectivity index (χ4v) is 1.63. The van der Waals surface area contributed by atoms with Crippen LogP contribution in [0, 0.1) is 10.1 Å². The van der Waals surface area contributed by atoms with Gasteiger partial charge in [-0.05, 0) is 17.7 Å². The number of nitro groups is 1. The molecular weight excluding hydrogens is 232 g/mol. The van der Waals surface area contributed by atoms with E-state index in [9.17, 15) is 14.9 Å². The molecule has 0 spiro atoms. The second-order valence-electron chi connectivity index (χ2n) is 4.44. The average Bonchev–Trinajstić information content (AvgIpc) is 2.29. The third-order valence-electron chi connectivity index (χ3n) is 2.65. The molecule has 0 aliphatic rings. The first-order valence-corrected chi connectivity index (χ1v) is 5.89. The van der Waals surface area contributed by atoms with Gasteiger partial charge in [-0.15, -0.1) is 0 Å². The molecule has 0 saturated heterocycles. The van der Waals surface area contributed by atoms with E-state index in [1.165, 1.54) is 0 Å². The molecule has 0 N–H and O–H groups in total. The molecule has 0 heterocycles. The van der Waals surface area contributed by atoms with E-state index >= 15 is 0 Å². The second-order valence-corrected chi connectivity index (χ2v) is 4.44. The highest BCUT2D eigenvalue weighted by Crippen LogP contribution is 2.13. The van der Waals surface area contributed by atoms with Gasteiger partial charge < -0.3 is 4.90 Å². The maximum absolute atomic E-state index is 11.6. The third kappa shape index (κ3) is 4.95. The SMILES string of the molecule is CN(C)c1ccc(CC(=O)CCC[N+](=O)[O-])cc1. The lowest BCUT2D eigenvalue weighted by Gasteiger charge is -2.12. The average molecular weight is 250 g/mol. The lowest BCUT2D eigenvalue weighted by molar-refractivity contribution is -0.480. The number of benzene rings is 1. The normalized spacial score (nSPS) is 10.1. The van der Waals surface area contributed by atoms with Gasteiger partial charge in [0.2, 0.25) is 6.54 Å². The zero-order valence-corrected chi connectivity index (χ0v) is 10.8. The quantitative estimate of drug-likeness (QED) is 0.548. The zero-order chi connectivity index (χ0) is 13.5. The van der Waals surface area contributed by atoms with Crippen LogP contribution in [0.5, 0.6) is 0 Å². The van der Waals surface area contributed by atoms with Crippen LogP contribution in [0.2, 0.25) is 0 Å². The molecule has 18 heavy (non-hydrogen) atoms. The van der Waals surface area contributed by atoms with Gasteiger partial charge in [-0.1, -0.05) is 12.1 Å². The van der Waals surface area contributed by atoms with Gasteiger partial charge >= 0.3 is 0 Å². The fourth-order valence-electron chi connectivity index (χ4n) is 1.63. The van der Waals surface area contributed by atoms with Gasteiger partial charge in [-0.3, -0.25) is 14.9 Å². The monoisotopic (exact) mass is 250 g/mol. The van der Waals surface area contributed by atoms with Gasteiger partial charge in [0.05, 0.1) is 0 Å². The van der Waals surface area contributed by atoms with Crippen LogP contribution in [0.25, 0.3) is 0 Å². The Morgan fingerprint density at radius 3 is 2.39 bits per heavy atom. The molecule has 0 fully saturated rings. The molecule has 98 valence electrons. The number of carbonyl (C=O) groups excluding carboxylic acids is 1. The summed E-state index contributed by atoms with van der Waals surface area (Å²) in [6.45, 7) is -0.134. The Morgan fingerprint density at radius 2 is 1.89 bits per heavy atom. The van der Waals surface area contributed by atoms with E-state index in [0.29, 0.717) is 12.8 Å². The summed E-state index contributed by atoms with van der Waals surface area (Å²) in [6.07, 6.45) is 0.948. The molecule has 0 saturated carbocycles. The highest BCUT2D eigenvalue weighted by Gasteiger charge is 2.06. The molecule has 0 amide bonds. The Labute approximate surface area is 107 Å². The molecule has 0 aliphatic carbocycles. The predicted molar refractivity (Wildman–Crippen MR) is 70.6 cm³/mol. The summed E-state index contributed by atoms with van der Waals surface area (Å²) in [5.41, 5.74) is 2.03. The number of nitrogens with zero attached hydrogens (tertiary/aromatic N) is 2. The molecular formula is C13H18N2O3. The van der Waals surface area contributed by atoms with E-state index in [0.717, 1.165) is 11.3 Å². The maximum Gasteiger partial charge on any atom is 0.204 e. The van der Waals surface area contributed by atoms with Crippen molar-refractivity contribution in [3.63, 3.8) is 0 Å². The number of carbonyl (C=O) groups is 1. The summed E-state index contributed by atoms with van der Waals surface area (Å²) in [5.74, 6) is 0.0504. The van der Waals surface area contributed by atoms with Crippen LogP contribution in [0.15, 0.2) is 24.3 Å². The van der Waals surface area contributed by atoms with Crippen molar-refractivity contribution < 1.29 is 9.72 Å². The lowest BCUT2D eigenvalue weighted by atomic mass is 10.1. The van der Waals surface area contributed by atoms with Crippen LogP contribution >= 0.6 is 0 Å². The van der Waals surface area contributed by atoms with Crippen LogP contribution in [0.3, 0.4) is 0 Å². The minimum Gasteiger partial charge on any atom is -0.378 e. The first-order chi connectivity index (χ1) is 8.49. The summed E-state index contributed by atoms with van der Waals surface area (Å²) < 4.78 is 0.